The van der Waals surface area contributed by atoms with E-state index < -0.39 is 11.6 Å². The van der Waals surface area contributed by atoms with Gasteiger partial charge in [-0.25, -0.2) is 8.78 Å². The number of aromatic nitrogens is 1. The van der Waals surface area contributed by atoms with E-state index in [1.807, 2.05) is 13.8 Å². The maximum atomic E-state index is 14.2. The molecular weight excluding hydrogens is 414 g/mol. The summed E-state index contributed by atoms with van der Waals surface area (Å²) in [5, 5.41) is 3.38. The van der Waals surface area contributed by atoms with Crippen LogP contribution in [0.2, 0.25) is 0 Å². The SMILES string of the molecule is Cc1c2c(cn(Cc3ccc(F)cc3F)c1=O)N(C(=O)CN1CCN[C@H](C)C1)CC2(C)C. The number of rotatable bonds is 4. The van der Waals surface area contributed by atoms with Crippen molar-refractivity contribution in [3.05, 3.63) is 63.1 Å². The van der Waals surface area contributed by atoms with E-state index in [1.54, 1.807) is 18.0 Å². The third kappa shape index (κ3) is 4.21. The highest BCUT2D eigenvalue weighted by Crippen LogP contribution is 2.41. The predicted octanol–water partition coefficient (Wildman–Crippen LogP) is 2.40. The van der Waals surface area contributed by atoms with E-state index in [2.05, 4.69) is 17.1 Å². The Hall–Kier alpha value is -2.58. The first-order valence-electron chi connectivity index (χ1n) is 11.0. The quantitative estimate of drug-likeness (QED) is 0.787. The van der Waals surface area contributed by atoms with Gasteiger partial charge in [-0.2, -0.15) is 0 Å². The highest BCUT2D eigenvalue weighted by atomic mass is 19.1. The summed E-state index contributed by atoms with van der Waals surface area (Å²) >= 11 is 0. The van der Waals surface area contributed by atoms with E-state index >= 15 is 0 Å². The molecule has 3 heterocycles. The van der Waals surface area contributed by atoms with Crippen LogP contribution >= 0.6 is 0 Å². The molecule has 1 N–H and O–H groups in total. The Labute approximate surface area is 186 Å². The van der Waals surface area contributed by atoms with Gasteiger partial charge in [-0.05, 0) is 25.5 Å². The number of benzene rings is 1. The van der Waals surface area contributed by atoms with Crippen molar-refractivity contribution in [3.8, 4) is 0 Å². The van der Waals surface area contributed by atoms with Crippen LogP contribution in [-0.2, 0) is 16.8 Å². The molecular formula is C24H30F2N4O2. The molecule has 4 rings (SSSR count). The molecule has 1 aromatic heterocycles. The lowest BCUT2D eigenvalue weighted by atomic mass is 9.85. The summed E-state index contributed by atoms with van der Waals surface area (Å²) in [6, 6.07) is 3.67. The van der Waals surface area contributed by atoms with Gasteiger partial charge in [-0.15, -0.1) is 0 Å². The van der Waals surface area contributed by atoms with Gasteiger partial charge in [0.25, 0.3) is 5.56 Å². The van der Waals surface area contributed by atoms with Gasteiger partial charge in [0.05, 0.1) is 18.8 Å². The van der Waals surface area contributed by atoms with Crippen LogP contribution in [0.25, 0.3) is 0 Å². The Kier molecular flexibility index (Phi) is 5.94. The molecule has 32 heavy (non-hydrogen) atoms. The second-order valence-corrected chi connectivity index (χ2v) is 9.64. The fourth-order valence-electron chi connectivity index (χ4n) is 5.01. The Balaban J connectivity index is 1.68. The third-order valence-electron chi connectivity index (χ3n) is 6.48. The molecule has 1 fully saturated rings. The van der Waals surface area contributed by atoms with E-state index in [1.165, 1.54) is 16.7 Å². The van der Waals surface area contributed by atoms with E-state index in [9.17, 15) is 18.4 Å². The van der Waals surface area contributed by atoms with Gasteiger partial charge in [-0.1, -0.05) is 19.9 Å². The lowest BCUT2D eigenvalue weighted by Gasteiger charge is -2.32. The normalized spacial score (nSPS) is 20.4. The predicted molar refractivity (Wildman–Crippen MR) is 120 cm³/mol. The van der Waals surface area contributed by atoms with Gasteiger partial charge in [0.15, 0.2) is 0 Å². The largest absolute Gasteiger partial charge is 0.312 e. The number of amides is 1. The summed E-state index contributed by atoms with van der Waals surface area (Å²) in [5.74, 6) is -1.37. The van der Waals surface area contributed by atoms with E-state index in [0.29, 0.717) is 30.4 Å². The van der Waals surface area contributed by atoms with E-state index in [0.717, 1.165) is 31.3 Å². The summed E-state index contributed by atoms with van der Waals surface area (Å²) < 4.78 is 28.9. The number of fused-ring (bicyclic) bond motifs is 1. The zero-order valence-corrected chi connectivity index (χ0v) is 19.0. The highest BCUT2D eigenvalue weighted by molar-refractivity contribution is 5.97. The first-order chi connectivity index (χ1) is 15.1. The Morgan fingerprint density at radius 2 is 2.03 bits per heavy atom. The number of nitrogens with one attached hydrogen (secondary N) is 1. The Morgan fingerprint density at radius 3 is 2.72 bits per heavy atom. The third-order valence-corrected chi connectivity index (χ3v) is 6.48. The second-order valence-electron chi connectivity index (χ2n) is 9.64. The van der Waals surface area contributed by atoms with Gasteiger partial charge < -0.3 is 14.8 Å². The topological polar surface area (TPSA) is 57.6 Å². The molecule has 0 aliphatic carbocycles. The zero-order chi connectivity index (χ0) is 23.2. The maximum Gasteiger partial charge on any atom is 0.254 e. The number of nitrogens with zero attached hydrogens (tertiary/aromatic N) is 3. The zero-order valence-electron chi connectivity index (χ0n) is 19.0. The van der Waals surface area contributed by atoms with Crippen molar-refractivity contribution in [1.82, 2.24) is 14.8 Å². The summed E-state index contributed by atoms with van der Waals surface area (Å²) in [6.07, 6.45) is 1.65. The van der Waals surface area contributed by atoms with Crippen molar-refractivity contribution < 1.29 is 13.6 Å². The number of carbonyl (C=O) groups excluding carboxylic acids is 1. The minimum Gasteiger partial charge on any atom is -0.312 e. The molecule has 8 heteroatoms. The van der Waals surface area contributed by atoms with Crippen LogP contribution in [0.15, 0.2) is 29.2 Å². The first-order valence-corrected chi connectivity index (χ1v) is 11.0. The number of halogens is 2. The maximum absolute atomic E-state index is 14.2. The van der Waals surface area contributed by atoms with Crippen molar-refractivity contribution in [2.75, 3.05) is 37.6 Å². The minimum absolute atomic E-state index is 0.0107. The number of carbonyl (C=O) groups is 1. The van der Waals surface area contributed by atoms with Crippen molar-refractivity contribution >= 4 is 11.6 Å². The molecule has 0 bridgehead atoms. The van der Waals surface area contributed by atoms with Gasteiger partial charge in [0.2, 0.25) is 5.91 Å². The summed E-state index contributed by atoms with van der Waals surface area (Å²) in [5.41, 5.74) is 1.73. The summed E-state index contributed by atoms with van der Waals surface area (Å²) in [4.78, 5) is 30.3. The van der Waals surface area contributed by atoms with Crippen molar-refractivity contribution in [2.24, 2.45) is 0 Å². The standard InChI is InChI=1S/C24H30F2N4O2/c1-15-10-28(8-7-27-15)13-21(31)30-14-24(3,4)22-16(2)23(32)29(12-20(22)30)11-17-5-6-18(25)9-19(17)26/h5-6,9,12,15,27H,7-8,10-11,13-14H2,1-4H3/t15-/m1/s1. The van der Waals surface area contributed by atoms with Crippen molar-refractivity contribution in [3.63, 3.8) is 0 Å². The second kappa shape index (κ2) is 8.41. The molecule has 1 saturated heterocycles. The molecule has 0 unspecified atom stereocenters. The molecule has 6 nitrogen and oxygen atoms in total. The average molecular weight is 445 g/mol. The average Bonchev–Trinajstić information content (AvgIpc) is 2.98. The van der Waals surface area contributed by atoms with E-state index in [4.69, 9.17) is 0 Å². The number of anilines is 1. The first kappa shape index (κ1) is 22.6. The smallest absolute Gasteiger partial charge is 0.254 e. The van der Waals surface area contributed by atoms with Gasteiger partial charge >= 0.3 is 0 Å². The molecule has 1 amide bonds. The fourth-order valence-corrected chi connectivity index (χ4v) is 5.01. The van der Waals surface area contributed by atoms with Gasteiger partial charge in [0, 0.05) is 61.0 Å². The number of piperazine rings is 1. The lowest BCUT2D eigenvalue weighted by Crippen LogP contribution is -2.52. The number of hydrogen-bond donors (Lipinski definition) is 1. The van der Waals surface area contributed by atoms with E-state index in [-0.39, 0.29) is 29.0 Å². The van der Waals surface area contributed by atoms with Gasteiger partial charge in [-0.3, -0.25) is 14.5 Å². The minimum atomic E-state index is -0.698. The van der Waals surface area contributed by atoms with Crippen molar-refractivity contribution in [2.45, 2.75) is 45.7 Å². The molecule has 1 atom stereocenters. The van der Waals surface area contributed by atoms with Crippen LogP contribution in [0, 0.1) is 18.6 Å². The monoisotopic (exact) mass is 444 g/mol. The number of pyridine rings is 1. The molecule has 0 radical (unpaired) electrons. The number of hydrogen-bond acceptors (Lipinski definition) is 4. The molecule has 2 aromatic rings. The molecule has 2 aliphatic heterocycles. The Bertz CT molecular complexity index is 1110. The highest BCUT2D eigenvalue weighted by Gasteiger charge is 2.41. The summed E-state index contributed by atoms with van der Waals surface area (Å²) in [7, 11) is 0. The fraction of sp³-hybridized carbons (Fsp3) is 0.500. The Morgan fingerprint density at radius 1 is 1.28 bits per heavy atom. The van der Waals surface area contributed by atoms with Gasteiger partial charge in [0.1, 0.15) is 11.6 Å². The molecule has 2 aliphatic rings. The van der Waals surface area contributed by atoms with Crippen LogP contribution < -0.4 is 15.8 Å². The van der Waals surface area contributed by atoms with Crippen LogP contribution in [0.3, 0.4) is 0 Å². The van der Waals surface area contributed by atoms with Crippen LogP contribution in [0.1, 0.15) is 37.5 Å². The van der Waals surface area contributed by atoms with Crippen LogP contribution in [0.5, 0.6) is 0 Å². The molecule has 1 aromatic carbocycles. The van der Waals surface area contributed by atoms with Crippen LogP contribution in [-0.4, -0.2) is 54.1 Å². The van der Waals surface area contributed by atoms with Crippen LogP contribution in [0.4, 0.5) is 14.5 Å². The molecule has 172 valence electrons. The summed E-state index contributed by atoms with van der Waals surface area (Å²) in [6.45, 7) is 11.1. The molecule has 0 spiro atoms. The molecule has 0 saturated carbocycles. The lowest BCUT2D eigenvalue weighted by molar-refractivity contribution is -0.120. The van der Waals surface area contributed by atoms with Crippen molar-refractivity contribution in [1.29, 1.82) is 0 Å².